The number of anilines is 2. The van der Waals surface area contributed by atoms with Gasteiger partial charge in [-0.05, 0) is 31.5 Å². The zero-order valence-corrected chi connectivity index (χ0v) is 9.69. The van der Waals surface area contributed by atoms with Gasteiger partial charge < -0.3 is 20.9 Å². The Bertz CT molecular complexity index is 439. The van der Waals surface area contributed by atoms with E-state index in [9.17, 15) is 4.79 Å². The van der Waals surface area contributed by atoms with Gasteiger partial charge in [0.05, 0.1) is 17.7 Å². The van der Waals surface area contributed by atoms with Crippen LogP contribution >= 0.6 is 0 Å². The molecule has 17 heavy (non-hydrogen) atoms. The van der Waals surface area contributed by atoms with Crippen LogP contribution in [0.4, 0.5) is 11.4 Å². The number of nitrogens with one attached hydrogen (secondary N) is 1. The van der Waals surface area contributed by atoms with Crippen molar-refractivity contribution < 1.29 is 14.6 Å². The maximum Gasteiger partial charge on any atom is 0.337 e. The van der Waals surface area contributed by atoms with E-state index in [0.29, 0.717) is 6.61 Å². The number of nitrogen functional groups attached to an aromatic ring is 1. The van der Waals surface area contributed by atoms with Crippen molar-refractivity contribution in [3.05, 3.63) is 23.8 Å². The topological polar surface area (TPSA) is 84.6 Å². The Kier molecular flexibility index (Phi) is 2.93. The van der Waals surface area contributed by atoms with E-state index in [0.717, 1.165) is 18.7 Å². The predicted octanol–water partition coefficient (Wildman–Crippen LogP) is 1.56. The van der Waals surface area contributed by atoms with Crippen LogP contribution in [0.2, 0.25) is 0 Å². The van der Waals surface area contributed by atoms with E-state index >= 15 is 0 Å². The monoisotopic (exact) mass is 236 g/mol. The Hall–Kier alpha value is -1.75. The summed E-state index contributed by atoms with van der Waals surface area (Å²) in [5, 5.41) is 12.3. The Morgan fingerprint density at radius 3 is 2.94 bits per heavy atom. The summed E-state index contributed by atoms with van der Waals surface area (Å²) in [6, 6.07) is 4.94. The molecule has 0 radical (unpaired) electrons. The van der Waals surface area contributed by atoms with Crippen LogP contribution in [0.15, 0.2) is 18.2 Å². The summed E-state index contributed by atoms with van der Waals surface area (Å²) in [6.45, 7) is 3.40. The summed E-state index contributed by atoms with van der Waals surface area (Å²) >= 11 is 0. The quantitative estimate of drug-likeness (QED) is 0.693. The molecule has 1 unspecified atom stereocenters. The molecule has 1 atom stereocenters. The first kappa shape index (κ1) is 11.7. The van der Waals surface area contributed by atoms with Crippen LogP contribution < -0.4 is 11.1 Å². The summed E-state index contributed by atoms with van der Waals surface area (Å²) in [6.07, 6.45) is 0.903. The third kappa shape index (κ3) is 2.50. The highest BCUT2D eigenvalue weighted by Gasteiger charge is 2.29. The molecular formula is C12H16N2O3. The first-order valence-corrected chi connectivity index (χ1v) is 5.49. The summed E-state index contributed by atoms with van der Waals surface area (Å²) in [4.78, 5) is 11.0. The van der Waals surface area contributed by atoms with Crippen molar-refractivity contribution in [2.45, 2.75) is 18.9 Å². The fraction of sp³-hybridized carbons (Fsp3) is 0.417. The molecule has 0 aromatic heterocycles. The minimum atomic E-state index is -1.01. The van der Waals surface area contributed by atoms with Crippen molar-refractivity contribution in [3.63, 3.8) is 0 Å². The standard InChI is InChI=1S/C12H16N2O3/c1-12(4-5-17-7-12)14-8-2-3-10(13)9(6-8)11(15)16/h2-3,6,14H,4-5,7,13H2,1H3,(H,15,16). The second-order valence-electron chi connectivity index (χ2n) is 4.60. The highest BCUT2D eigenvalue weighted by atomic mass is 16.5. The number of nitrogens with two attached hydrogens (primary N) is 1. The zero-order valence-electron chi connectivity index (χ0n) is 9.69. The molecule has 1 heterocycles. The lowest BCUT2D eigenvalue weighted by molar-refractivity contribution is 0.0698. The third-order valence-electron chi connectivity index (χ3n) is 2.95. The van der Waals surface area contributed by atoms with E-state index in [1.807, 2.05) is 0 Å². The van der Waals surface area contributed by atoms with Crippen LogP contribution in [0.3, 0.4) is 0 Å². The van der Waals surface area contributed by atoms with Crippen molar-refractivity contribution in [3.8, 4) is 0 Å². The number of carbonyl (C=O) groups is 1. The molecule has 1 aliphatic heterocycles. The minimum absolute atomic E-state index is 0.123. The lowest BCUT2D eigenvalue weighted by Gasteiger charge is -2.25. The summed E-state index contributed by atoms with van der Waals surface area (Å²) in [5.74, 6) is -1.01. The van der Waals surface area contributed by atoms with Crippen LogP contribution in [-0.4, -0.2) is 29.8 Å². The molecule has 1 fully saturated rings. The lowest BCUT2D eigenvalue weighted by atomic mass is 10.0. The molecule has 5 heteroatoms. The lowest BCUT2D eigenvalue weighted by Crippen LogP contribution is -2.34. The molecule has 0 spiro atoms. The number of rotatable bonds is 3. The fourth-order valence-electron chi connectivity index (χ4n) is 1.93. The molecule has 1 aliphatic rings. The van der Waals surface area contributed by atoms with Crippen LogP contribution in [0.25, 0.3) is 0 Å². The van der Waals surface area contributed by atoms with Gasteiger partial charge >= 0.3 is 5.97 Å². The predicted molar refractivity (Wildman–Crippen MR) is 65.3 cm³/mol. The van der Waals surface area contributed by atoms with Gasteiger partial charge in [0.2, 0.25) is 0 Å². The highest BCUT2D eigenvalue weighted by Crippen LogP contribution is 2.26. The Morgan fingerprint density at radius 1 is 1.59 bits per heavy atom. The largest absolute Gasteiger partial charge is 0.478 e. The number of carboxylic acid groups (broad SMARTS) is 1. The molecule has 5 nitrogen and oxygen atoms in total. The molecule has 92 valence electrons. The number of hydrogen-bond donors (Lipinski definition) is 3. The first-order chi connectivity index (χ1) is 8.00. The number of hydrogen-bond acceptors (Lipinski definition) is 4. The average molecular weight is 236 g/mol. The molecule has 0 saturated carbocycles. The van der Waals surface area contributed by atoms with Gasteiger partial charge in [0.1, 0.15) is 0 Å². The molecule has 1 aromatic carbocycles. The summed E-state index contributed by atoms with van der Waals surface area (Å²) < 4.78 is 5.33. The van der Waals surface area contributed by atoms with Gasteiger partial charge in [0.15, 0.2) is 0 Å². The van der Waals surface area contributed by atoms with Gasteiger partial charge in [-0.3, -0.25) is 0 Å². The van der Waals surface area contributed by atoms with E-state index in [1.165, 1.54) is 0 Å². The van der Waals surface area contributed by atoms with Crippen molar-refractivity contribution in [2.75, 3.05) is 24.3 Å². The Labute approximate surface area is 99.6 Å². The third-order valence-corrected chi connectivity index (χ3v) is 2.95. The molecule has 0 amide bonds. The second kappa shape index (κ2) is 4.25. The van der Waals surface area contributed by atoms with Gasteiger partial charge in [-0.1, -0.05) is 0 Å². The second-order valence-corrected chi connectivity index (χ2v) is 4.60. The molecule has 2 rings (SSSR count). The number of benzene rings is 1. The van der Waals surface area contributed by atoms with Gasteiger partial charge in [0, 0.05) is 18.0 Å². The molecule has 0 bridgehead atoms. The van der Waals surface area contributed by atoms with Gasteiger partial charge in [0.25, 0.3) is 0 Å². The van der Waals surface area contributed by atoms with E-state index < -0.39 is 5.97 Å². The fourth-order valence-corrected chi connectivity index (χ4v) is 1.93. The van der Waals surface area contributed by atoms with Crippen molar-refractivity contribution in [1.82, 2.24) is 0 Å². The number of carboxylic acids is 1. The van der Waals surface area contributed by atoms with E-state index in [-0.39, 0.29) is 16.8 Å². The zero-order chi connectivity index (χ0) is 12.5. The van der Waals surface area contributed by atoms with Gasteiger partial charge in [-0.25, -0.2) is 4.79 Å². The Morgan fingerprint density at radius 2 is 2.35 bits per heavy atom. The number of ether oxygens (including phenoxy) is 1. The van der Waals surface area contributed by atoms with E-state index in [4.69, 9.17) is 15.6 Å². The summed E-state index contributed by atoms with van der Waals surface area (Å²) in [7, 11) is 0. The maximum atomic E-state index is 11.0. The van der Waals surface area contributed by atoms with E-state index in [1.54, 1.807) is 18.2 Å². The van der Waals surface area contributed by atoms with Crippen LogP contribution in [-0.2, 0) is 4.74 Å². The Balaban J connectivity index is 2.22. The normalized spacial score (nSPS) is 23.6. The molecule has 1 saturated heterocycles. The molecule has 0 aliphatic carbocycles. The van der Waals surface area contributed by atoms with Crippen LogP contribution in [0.1, 0.15) is 23.7 Å². The maximum absolute atomic E-state index is 11.0. The minimum Gasteiger partial charge on any atom is -0.478 e. The molecule has 1 aromatic rings. The highest BCUT2D eigenvalue weighted by molar-refractivity contribution is 5.94. The van der Waals surface area contributed by atoms with Crippen molar-refractivity contribution in [1.29, 1.82) is 0 Å². The first-order valence-electron chi connectivity index (χ1n) is 5.49. The van der Waals surface area contributed by atoms with Gasteiger partial charge in [-0.2, -0.15) is 0 Å². The van der Waals surface area contributed by atoms with Gasteiger partial charge in [-0.15, -0.1) is 0 Å². The number of aromatic carboxylic acids is 1. The van der Waals surface area contributed by atoms with Crippen molar-refractivity contribution >= 4 is 17.3 Å². The smallest absolute Gasteiger partial charge is 0.337 e. The molecular weight excluding hydrogens is 220 g/mol. The summed E-state index contributed by atoms with van der Waals surface area (Å²) in [5.41, 5.74) is 6.62. The van der Waals surface area contributed by atoms with Crippen LogP contribution in [0.5, 0.6) is 0 Å². The SMILES string of the molecule is CC1(Nc2ccc(N)c(C(=O)O)c2)CCOC1. The van der Waals surface area contributed by atoms with Crippen LogP contribution in [0, 0.1) is 0 Å². The van der Waals surface area contributed by atoms with Crippen molar-refractivity contribution in [2.24, 2.45) is 0 Å². The molecule has 4 N–H and O–H groups in total. The average Bonchev–Trinajstić information content (AvgIpc) is 2.67. The van der Waals surface area contributed by atoms with E-state index in [2.05, 4.69) is 12.2 Å².